The molecule has 2 rings (SSSR count). The average Bonchev–Trinajstić information content (AvgIpc) is 2.32. The van der Waals surface area contributed by atoms with Crippen LogP contribution in [0.3, 0.4) is 0 Å². The molecule has 0 radical (unpaired) electrons. The van der Waals surface area contributed by atoms with E-state index in [0.29, 0.717) is 5.95 Å². The number of hydrogen-bond acceptors (Lipinski definition) is 4. The summed E-state index contributed by atoms with van der Waals surface area (Å²) in [5.74, 6) is 1.30. The maximum atomic E-state index is 5.56. The molecule has 2 N–H and O–H groups in total. The summed E-state index contributed by atoms with van der Waals surface area (Å²) < 4.78 is 0. The van der Waals surface area contributed by atoms with Gasteiger partial charge in [-0.3, -0.25) is 0 Å². The van der Waals surface area contributed by atoms with Crippen molar-refractivity contribution in [3.05, 3.63) is 18.0 Å². The number of nitrogens with two attached hydrogens (primary N) is 1. The van der Waals surface area contributed by atoms with Gasteiger partial charge in [0.15, 0.2) is 0 Å². The molecule has 0 aromatic carbocycles. The van der Waals surface area contributed by atoms with Crippen LogP contribution in [-0.4, -0.2) is 35.0 Å². The van der Waals surface area contributed by atoms with Gasteiger partial charge in [-0.25, -0.2) is 9.97 Å². The first-order valence-electron chi connectivity index (χ1n) is 6.50. The molecule has 0 aliphatic carbocycles. The third kappa shape index (κ3) is 3.97. The summed E-state index contributed by atoms with van der Waals surface area (Å²) in [6.07, 6.45) is 8.00. The molecule has 1 aliphatic heterocycles. The van der Waals surface area contributed by atoms with Gasteiger partial charge in [-0.1, -0.05) is 0 Å². The van der Waals surface area contributed by atoms with Crippen molar-refractivity contribution in [2.75, 3.05) is 25.9 Å². The normalized spacial score (nSPS) is 18.4. The summed E-state index contributed by atoms with van der Waals surface area (Å²) in [7, 11) is 2.21. The van der Waals surface area contributed by atoms with Crippen molar-refractivity contribution in [3.8, 4) is 0 Å². The highest BCUT2D eigenvalue weighted by atomic mass is 15.1. The first kappa shape index (κ1) is 12.3. The van der Waals surface area contributed by atoms with Crippen molar-refractivity contribution in [1.29, 1.82) is 0 Å². The van der Waals surface area contributed by atoms with Gasteiger partial charge in [0.25, 0.3) is 0 Å². The fourth-order valence-corrected chi connectivity index (χ4v) is 2.47. The van der Waals surface area contributed by atoms with Crippen molar-refractivity contribution in [2.45, 2.75) is 32.1 Å². The quantitative estimate of drug-likeness (QED) is 0.862. The lowest BCUT2D eigenvalue weighted by Crippen LogP contribution is -2.30. The number of aromatic nitrogens is 2. The van der Waals surface area contributed by atoms with E-state index in [2.05, 4.69) is 21.9 Å². The molecule has 94 valence electrons. The van der Waals surface area contributed by atoms with Crippen LogP contribution in [0.1, 0.15) is 31.4 Å². The second kappa shape index (κ2) is 5.96. The number of hydrogen-bond donors (Lipinski definition) is 1. The van der Waals surface area contributed by atoms with Gasteiger partial charge in [0.05, 0.1) is 0 Å². The van der Waals surface area contributed by atoms with Crippen LogP contribution in [0, 0.1) is 5.92 Å². The molecule has 0 spiro atoms. The van der Waals surface area contributed by atoms with Crippen molar-refractivity contribution in [1.82, 2.24) is 14.9 Å². The van der Waals surface area contributed by atoms with E-state index in [-0.39, 0.29) is 0 Å². The van der Waals surface area contributed by atoms with E-state index in [1.54, 1.807) is 6.20 Å². The van der Waals surface area contributed by atoms with Crippen molar-refractivity contribution >= 4 is 5.95 Å². The van der Waals surface area contributed by atoms with Crippen molar-refractivity contribution in [2.24, 2.45) is 5.92 Å². The largest absolute Gasteiger partial charge is 0.368 e. The van der Waals surface area contributed by atoms with Gasteiger partial charge in [-0.15, -0.1) is 0 Å². The highest BCUT2D eigenvalue weighted by Crippen LogP contribution is 2.21. The number of piperidine rings is 1. The number of nitrogens with zero attached hydrogens (tertiary/aromatic N) is 3. The number of nitrogen functional groups attached to an aromatic ring is 1. The molecule has 0 unspecified atom stereocenters. The highest BCUT2D eigenvalue weighted by Gasteiger charge is 2.15. The van der Waals surface area contributed by atoms with Gasteiger partial charge in [-0.2, -0.15) is 0 Å². The van der Waals surface area contributed by atoms with E-state index in [9.17, 15) is 0 Å². The lowest BCUT2D eigenvalue weighted by atomic mass is 9.91. The molecule has 4 nitrogen and oxygen atoms in total. The van der Waals surface area contributed by atoms with Crippen LogP contribution in [0.2, 0.25) is 0 Å². The number of likely N-dealkylation sites (tertiary alicyclic amines) is 1. The molecule has 1 aliphatic rings. The molecular weight excluding hydrogens is 212 g/mol. The third-order valence-electron chi connectivity index (χ3n) is 3.62. The van der Waals surface area contributed by atoms with Crippen LogP contribution in [-0.2, 0) is 6.42 Å². The lowest BCUT2D eigenvalue weighted by Gasteiger charge is -2.28. The molecule has 17 heavy (non-hydrogen) atoms. The van der Waals surface area contributed by atoms with Crippen LogP contribution >= 0.6 is 0 Å². The Kier molecular flexibility index (Phi) is 4.31. The molecule has 1 fully saturated rings. The fraction of sp³-hybridized carbons (Fsp3) is 0.692. The monoisotopic (exact) mass is 234 g/mol. The van der Waals surface area contributed by atoms with Crippen LogP contribution < -0.4 is 5.73 Å². The van der Waals surface area contributed by atoms with E-state index in [0.717, 1.165) is 18.0 Å². The summed E-state index contributed by atoms with van der Waals surface area (Å²) >= 11 is 0. The standard InChI is InChI=1S/C13H22N4/c1-17-9-6-11(7-10-17)3-2-4-12-5-8-15-13(14)16-12/h5,8,11H,2-4,6-7,9-10H2,1H3,(H2,14,15,16). The van der Waals surface area contributed by atoms with Gasteiger partial charge >= 0.3 is 0 Å². The molecule has 0 atom stereocenters. The summed E-state index contributed by atoms with van der Waals surface area (Å²) in [6.45, 7) is 2.51. The van der Waals surface area contributed by atoms with E-state index in [4.69, 9.17) is 5.73 Å². The van der Waals surface area contributed by atoms with Crippen molar-refractivity contribution in [3.63, 3.8) is 0 Å². The summed E-state index contributed by atoms with van der Waals surface area (Å²) in [6, 6.07) is 1.96. The zero-order valence-electron chi connectivity index (χ0n) is 10.6. The zero-order valence-corrected chi connectivity index (χ0v) is 10.6. The van der Waals surface area contributed by atoms with Gasteiger partial charge in [0.1, 0.15) is 0 Å². The minimum atomic E-state index is 0.391. The molecule has 0 saturated carbocycles. The topological polar surface area (TPSA) is 55.0 Å². The minimum Gasteiger partial charge on any atom is -0.368 e. The van der Waals surface area contributed by atoms with Crippen LogP contribution in [0.25, 0.3) is 0 Å². The summed E-state index contributed by atoms with van der Waals surface area (Å²) in [4.78, 5) is 10.6. The minimum absolute atomic E-state index is 0.391. The van der Waals surface area contributed by atoms with Crippen LogP contribution in [0.4, 0.5) is 5.95 Å². The summed E-state index contributed by atoms with van der Waals surface area (Å²) in [5, 5.41) is 0. The molecule has 1 aromatic rings. The molecule has 1 saturated heterocycles. The van der Waals surface area contributed by atoms with E-state index in [1.807, 2.05) is 6.07 Å². The number of aryl methyl sites for hydroxylation is 1. The zero-order chi connectivity index (χ0) is 12.1. The maximum absolute atomic E-state index is 5.56. The highest BCUT2D eigenvalue weighted by molar-refractivity contribution is 5.17. The third-order valence-corrected chi connectivity index (χ3v) is 3.62. The van der Waals surface area contributed by atoms with E-state index in [1.165, 1.54) is 38.8 Å². The Bertz CT molecular complexity index is 345. The van der Waals surface area contributed by atoms with Crippen molar-refractivity contribution < 1.29 is 0 Å². The average molecular weight is 234 g/mol. The molecular formula is C13H22N4. The van der Waals surface area contributed by atoms with Gasteiger partial charge < -0.3 is 10.6 Å². The maximum Gasteiger partial charge on any atom is 0.220 e. The molecule has 0 amide bonds. The van der Waals surface area contributed by atoms with E-state index >= 15 is 0 Å². The van der Waals surface area contributed by atoms with Gasteiger partial charge in [-0.05, 0) is 64.2 Å². The van der Waals surface area contributed by atoms with Crippen LogP contribution in [0.5, 0.6) is 0 Å². The first-order valence-corrected chi connectivity index (χ1v) is 6.50. The van der Waals surface area contributed by atoms with Gasteiger partial charge in [0.2, 0.25) is 5.95 Å². The Hall–Kier alpha value is -1.16. The van der Waals surface area contributed by atoms with E-state index < -0.39 is 0 Å². The number of rotatable bonds is 4. The Morgan fingerprint density at radius 1 is 1.41 bits per heavy atom. The molecule has 2 heterocycles. The summed E-state index contributed by atoms with van der Waals surface area (Å²) in [5.41, 5.74) is 6.64. The molecule has 4 heteroatoms. The SMILES string of the molecule is CN1CCC(CCCc2ccnc(N)n2)CC1. The van der Waals surface area contributed by atoms with Crippen LogP contribution in [0.15, 0.2) is 12.3 Å². The molecule has 0 bridgehead atoms. The second-order valence-corrected chi connectivity index (χ2v) is 5.05. The smallest absolute Gasteiger partial charge is 0.220 e. The Balaban J connectivity index is 1.69. The predicted octanol–water partition coefficient (Wildman–Crippen LogP) is 1.72. The Labute approximate surface area is 103 Å². The fourth-order valence-electron chi connectivity index (χ4n) is 2.47. The lowest BCUT2D eigenvalue weighted by molar-refractivity contribution is 0.210. The number of anilines is 1. The second-order valence-electron chi connectivity index (χ2n) is 5.05. The first-order chi connectivity index (χ1) is 8.24. The molecule has 1 aromatic heterocycles. The van der Waals surface area contributed by atoms with Gasteiger partial charge in [0, 0.05) is 11.9 Å². The predicted molar refractivity (Wildman–Crippen MR) is 69.6 cm³/mol. The Morgan fingerprint density at radius 2 is 2.18 bits per heavy atom. The Morgan fingerprint density at radius 3 is 2.88 bits per heavy atom.